The van der Waals surface area contributed by atoms with Crippen LogP contribution in [0.3, 0.4) is 0 Å². The van der Waals surface area contributed by atoms with Gasteiger partial charge in [-0.3, -0.25) is 9.59 Å². The van der Waals surface area contributed by atoms with Crippen molar-refractivity contribution in [3.05, 3.63) is 73.0 Å². The summed E-state index contributed by atoms with van der Waals surface area (Å²) < 4.78 is 34.7. The van der Waals surface area contributed by atoms with E-state index in [-0.39, 0.29) is 22.6 Å². The lowest BCUT2D eigenvalue weighted by Gasteiger charge is -2.53. The molecular weight excluding hydrogens is 478 g/mol. The van der Waals surface area contributed by atoms with Crippen LogP contribution in [0.4, 0.5) is 5.69 Å². The molecule has 3 aromatic rings. The van der Waals surface area contributed by atoms with E-state index in [2.05, 4.69) is 17.2 Å². The number of carbonyl (C=O) groups is 2. The number of piperidine rings is 1. The molecule has 36 heavy (non-hydrogen) atoms. The van der Waals surface area contributed by atoms with Crippen molar-refractivity contribution in [1.82, 2.24) is 9.62 Å². The number of carbonyl (C=O) groups excluding carboxylic acids is 2. The number of furan rings is 1. The summed E-state index contributed by atoms with van der Waals surface area (Å²) in [5.41, 5.74) is -0.451. The van der Waals surface area contributed by atoms with Crippen LogP contribution in [0, 0.1) is 0 Å². The van der Waals surface area contributed by atoms with Crippen molar-refractivity contribution in [3.63, 3.8) is 0 Å². The summed E-state index contributed by atoms with van der Waals surface area (Å²) in [4.78, 5) is 24.6. The van der Waals surface area contributed by atoms with Crippen molar-refractivity contribution in [2.24, 2.45) is 0 Å². The first-order valence-corrected chi connectivity index (χ1v) is 13.2. The van der Waals surface area contributed by atoms with Crippen molar-refractivity contribution in [2.75, 3.05) is 5.32 Å². The molecule has 2 aromatic carbocycles. The molecule has 1 aliphatic heterocycles. The normalized spacial score (nSPS) is 18.0. The van der Waals surface area contributed by atoms with E-state index in [1.54, 1.807) is 24.3 Å². The molecule has 2 N–H and O–H groups in total. The van der Waals surface area contributed by atoms with Gasteiger partial charge in [-0.15, -0.1) is 0 Å². The minimum Gasteiger partial charge on any atom is -0.451 e. The van der Waals surface area contributed by atoms with Gasteiger partial charge in [0.15, 0.2) is 5.76 Å². The van der Waals surface area contributed by atoms with Crippen LogP contribution in [0.5, 0.6) is 0 Å². The molecule has 0 saturated carbocycles. The zero-order valence-corrected chi connectivity index (χ0v) is 21.7. The molecule has 9 heteroatoms. The van der Waals surface area contributed by atoms with Crippen molar-refractivity contribution < 1.29 is 22.4 Å². The minimum atomic E-state index is -3.88. The first kappa shape index (κ1) is 25.7. The van der Waals surface area contributed by atoms with Gasteiger partial charge in [-0.25, -0.2) is 8.42 Å². The molecular formula is C27H31N3O5S. The molecule has 8 nitrogen and oxygen atoms in total. The predicted molar refractivity (Wildman–Crippen MR) is 139 cm³/mol. The van der Waals surface area contributed by atoms with Gasteiger partial charge in [-0.2, -0.15) is 4.31 Å². The van der Waals surface area contributed by atoms with Gasteiger partial charge in [0.2, 0.25) is 15.9 Å². The third kappa shape index (κ3) is 4.94. The lowest BCUT2D eigenvalue weighted by Crippen LogP contribution is -2.65. The Balaban J connectivity index is 1.54. The van der Waals surface area contributed by atoms with Gasteiger partial charge < -0.3 is 15.1 Å². The monoisotopic (exact) mass is 509 g/mol. The van der Waals surface area contributed by atoms with E-state index in [0.29, 0.717) is 24.1 Å². The van der Waals surface area contributed by atoms with Crippen LogP contribution in [-0.4, -0.2) is 41.7 Å². The van der Waals surface area contributed by atoms with Crippen molar-refractivity contribution in [1.29, 1.82) is 0 Å². The number of fused-ring (bicyclic) bond motifs is 1. The van der Waals surface area contributed by atoms with Gasteiger partial charge in [0.05, 0.1) is 4.90 Å². The highest BCUT2D eigenvalue weighted by molar-refractivity contribution is 7.89. The van der Waals surface area contributed by atoms with Gasteiger partial charge >= 0.3 is 0 Å². The van der Waals surface area contributed by atoms with Gasteiger partial charge in [0.1, 0.15) is 5.58 Å². The van der Waals surface area contributed by atoms with E-state index in [1.165, 1.54) is 22.5 Å². The van der Waals surface area contributed by atoms with Crippen LogP contribution >= 0.6 is 0 Å². The highest BCUT2D eigenvalue weighted by atomic mass is 32.2. The number of rotatable bonds is 6. The van der Waals surface area contributed by atoms with Gasteiger partial charge in [0, 0.05) is 28.2 Å². The van der Waals surface area contributed by atoms with E-state index in [1.807, 2.05) is 45.9 Å². The molecule has 0 spiro atoms. The van der Waals surface area contributed by atoms with E-state index >= 15 is 0 Å². The zero-order chi connectivity index (χ0) is 26.3. The number of para-hydroxylation sites is 1. The van der Waals surface area contributed by atoms with Gasteiger partial charge in [-0.05, 0) is 83.0 Å². The molecule has 1 aliphatic rings. The SMILES string of the molecule is C=CC(=O)NC1CC(C)(C)N(S(=O)(=O)c2ccc(NC(=O)c3cc4ccccc4o3)cc2)C(C)(C)C1. The number of amides is 2. The van der Waals surface area contributed by atoms with Crippen LogP contribution in [0.15, 0.2) is 76.6 Å². The quantitative estimate of drug-likeness (QED) is 0.468. The largest absolute Gasteiger partial charge is 0.451 e. The van der Waals surface area contributed by atoms with Crippen molar-refractivity contribution >= 4 is 38.5 Å². The average Bonchev–Trinajstić information content (AvgIpc) is 3.22. The second kappa shape index (κ2) is 9.22. The maximum atomic E-state index is 13.8. The highest BCUT2D eigenvalue weighted by Crippen LogP contribution is 2.42. The van der Waals surface area contributed by atoms with E-state index in [9.17, 15) is 18.0 Å². The first-order valence-electron chi connectivity index (χ1n) is 11.7. The van der Waals surface area contributed by atoms with Crippen LogP contribution < -0.4 is 10.6 Å². The first-order chi connectivity index (χ1) is 16.8. The number of sulfonamides is 1. The summed E-state index contributed by atoms with van der Waals surface area (Å²) in [6.07, 6.45) is 2.14. The molecule has 0 aliphatic carbocycles. The second-order valence-corrected chi connectivity index (χ2v) is 12.1. The van der Waals surface area contributed by atoms with E-state index < -0.39 is 27.0 Å². The Morgan fingerprint density at radius 2 is 1.64 bits per heavy atom. The summed E-state index contributed by atoms with van der Waals surface area (Å²) in [5, 5.41) is 6.48. The van der Waals surface area contributed by atoms with Crippen molar-refractivity contribution in [3.8, 4) is 0 Å². The molecule has 0 bridgehead atoms. The summed E-state index contributed by atoms with van der Waals surface area (Å²) >= 11 is 0. The molecule has 2 heterocycles. The predicted octanol–water partition coefficient (Wildman–Crippen LogP) is 4.70. The fraction of sp³-hybridized carbons (Fsp3) is 0.333. The summed E-state index contributed by atoms with van der Waals surface area (Å²) in [7, 11) is -3.88. The zero-order valence-electron chi connectivity index (χ0n) is 20.9. The Bertz CT molecular complexity index is 1370. The molecule has 1 aromatic heterocycles. The Kier molecular flexibility index (Phi) is 6.57. The summed E-state index contributed by atoms with van der Waals surface area (Å²) in [5.74, 6) is -0.529. The highest BCUT2D eigenvalue weighted by Gasteiger charge is 2.51. The molecule has 4 rings (SSSR count). The summed E-state index contributed by atoms with van der Waals surface area (Å²) in [6.45, 7) is 10.9. The Morgan fingerprint density at radius 1 is 1.03 bits per heavy atom. The number of nitrogens with zero attached hydrogens (tertiary/aromatic N) is 1. The summed E-state index contributed by atoms with van der Waals surface area (Å²) in [6, 6.07) is 14.9. The average molecular weight is 510 g/mol. The Hall–Kier alpha value is -3.43. The van der Waals surface area contributed by atoms with Crippen LogP contribution in [-0.2, 0) is 14.8 Å². The van der Waals surface area contributed by atoms with E-state index in [0.717, 1.165) is 5.39 Å². The number of hydrogen-bond acceptors (Lipinski definition) is 5. The lowest BCUT2D eigenvalue weighted by molar-refractivity contribution is -0.118. The number of hydrogen-bond donors (Lipinski definition) is 2. The number of anilines is 1. The fourth-order valence-electron chi connectivity index (χ4n) is 5.38. The molecule has 2 amide bonds. The van der Waals surface area contributed by atoms with Crippen LogP contribution in [0.1, 0.15) is 51.1 Å². The number of benzene rings is 2. The van der Waals surface area contributed by atoms with Gasteiger partial charge in [0.25, 0.3) is 5.91 Å². The topological polar surface area (TPSA) is 109 Å². The third-order valence-corrected chi connectivity index (χ3v) is 8.76. The fourth-order valence-corrected chi connectivity index (χ4v) is 7.52. The van der Waals surface area contributed by atoms with Crippen LogP contribution in [0.2, 0.25) is 0 Å². The van der Waals surface area contributed by atoms with E-state index in [4.69, 9.17) is 4.42 Å². The Labute approximate surface area is 211 Å². The minimum absolute atomic E-state index is 0.124. The standard InChI is InChI=1S/C27H31N3O5S/c1-6-24(31)28-20-16-26(2,3)30(27(4,5)17-20)36(33,34)21-13-11-19(12-14-21)29-25(32)23-15-18-9-7-8-10-22(18)35-23/h6-15,20H,1,16-17H2,2-5H3,(H,28,31)(H,29,32). The van der Waals surface area contributed by atoms with Crippen LogP contribution in [0.25, 0.3) is 11.0 Å². The second-order valence-electron chi connectivity index (χ2n) is 10.3. The Morgan fingerprint density at radius 3 is 2.22 bits per heavy atom. The molecule has 0 radical (unpaired) electrons. The van der Waals surface area contributed by atoms with Gasteiger partial charge in [-0.1, -0.05) is 24.8 Å². The molecule has 190 valence electrons. The smallest absolute Gasteiger partial charge is 0.291 e. The lowest BCUT2D eigenvalue weighted by atomic mass is 9.79. The molecule has 1 saturated heterocycles. The molecule has 0 unspecified atom stereocenters. The molecule has 0 atom stereocenters. The third-order valence-electron chi connectivity index (χ3n) is 6.42. The number of nitrogens with one attached hydrogen (secondary N) is 2. The van der Waals surface area contributed by atoms with Crippen molar-refractivity contribution in [2.45, 2.75) is 62.6 Å². The molecule has 1 fully saturated rings. The maximum absolute atomic E-state index is 13.8. The maximum Gasteiger partial charge on any atom is 0.291 e.